The SMILES string of the molecule is CC(C)[C@H](NC(=O)[C@@H](CCCCNC(=O)COC1CCCCCC2=C1NNN2CCOCCOCCOCCOCCC(=O)NCC[N+](C)(C)C)NC(=O)CCOCCOCCOCCOCCCC(=O)COC1CCCCCC2=C1NNN2C)C(=O)C[C@@H](CCCNC(N)=O)C(=O)N[C@@H](CO)C(=O)Cc1ccc2c(c1)[C@@]1(C)CCC[C@](C)(C(=O)NC(=O)[C@@]3(C)CCC[C@]4(C)c5cc(O)ccc5CC[C@@H]34)[C@@H]1CC2. The van der Waals surface area contributed by atoms with E-state index in [1.807, 2.05) is 61.2 Å². The van der Waals surface area contributed by atoms with Gasteiger partial charge in [0.25, 0.3) is 0 Å². The van der Waals surface area contributed by atoms with Crippen molar-refractivity contribution in [3.05, 3.63) is 87.0 Å². The predicted octanol–water partition coefficient (Wildman–Crippen LogP) is 6.77. The number of ether oxygens (including phenoxy) is 10. The Kier molecular flexibility index (Phi) is 47.6. The number of unbranched alkanes of at least 4 members (excludes halogenated alkanes) is 1. The lowest BCUT2D eigenvalue weighted by Crippen LogP contribution is -2.60. The highest BCUT2D eigenvalue weighted by atomic mass is 16.6. The van der Waals surface area contributed by atoms with Crippen molar-refractivity contribution in [2.24, 2.45) is 40.2 Å². The maximum atomic E-state index is 15.1. The van der Waals surface area contributed by atoms with Gasteiger partial charge in [0.15, 0.2) is 17.3 Å². The molecule has 802 valence electrons. The number of nitrogens with one attached hydrogen (secondary N) is 11. The number of aryl methyl sites for hydroxylation is 2. The average molecular weight is 2010 g/mol. The van der Waals surface area contributed by atoms with Crippen LogP contribution in [-0.4, -0.2) is 306 Å². The van der Waals surface area contributed by atoms with Gasteiger partial charge >= 0.3 is 6.03 Å². The largest absolute Gasteiger partial charge is 0.508 e. The van der Waals surface area contributed by atoms with E-state index in [0.717, 1.165) is 135 Å². The molecule has 9 amide bonds. The van der Waals surface area contributed by atoms with Crippen LogP contribution in [0.25, 0.3) is 0 Å². The molecule has 8 aliphatic rings. The van der Waals surface area contributed by atoms with Gasteiger partial charge in [0, 0.05) is 64.8 Å². The number of allylic oxidation sites excluding steroid dienone is 2. The molecule has 2 aromatic rings. The van der Waals surface area contributed by atoms with Gasteiger partial charge in [0.1, 0.15) is 43.3 Å². The summed E-state index contributed by atoms with van der Waals surface area (Å²) in [5, 5.41) is 45.4. The second-order valence-corrected chi connectivity index (χ2v) is 42.2. The number of imide groups is 1. The monoisotopic (exact) mass is 2010 g/mol. The number of phenols is 1. The lowest BCUT2D eigenvalue weighted by molar-refractivity contribution is -0.869. The van der Waals surface area contributed by atoms with Gasteiger partial charge in [-0.05, 0) is 197 Å². The molecule has 0 spiro atoms. The fraction of sp³-hybridized carbons (Fsp3) is 0.743. The molecule has 0 saturated heterocycles. The van der Waals surface area contributed by atoms with E-state index < -0.39 is 101 Å². The van der Waals surface area contributed by atoms with E-state index in [2.05, 4.69) is 94.1 Å². The van der Waals surface area contributed by atoms with Gasteiger partial charge in [-0.25, -0.2) is 4.79 Å². The Morgan fingerprint density at radius 2 is 1.03 bits per heavy atom. The summed E-state index contributed by atoms with van der Waals surface area (Å²) in [6, 6.07) is 6.90. The number of benzene rings is 2. The van der Waals surface area contributed by atoms with E-state index in [1.165, 1.54) is 11.3 Å². The Morgan fingerprint density at radius 3 is 1.62 bits per heavy atom. The first-order chi connectivity index (χ1) is 68.6. The van der Waals surface area contributed by atoms with Crippen LogP contribution in [0.1, 0.15) is 249 Å². The van der Waals surface area contributed by atoms with Crippen molar-refractivity contribution in [1.82, 2.24) is 69.2 Å². The zero-order valence-electron chi connectivity index (χ0n) is 86.9. The van der Waals surface area contributed by atoms with E-state index in [1.54, 1.807) is 19.9 Å². The van der Waals surface area contributed by atoms with Crippen molar-refractivity contribution in [2.45, 2.75) is 282 Å². The molecule has 2 fully saturated rings. The number of hydrogen-bond acceptors (Lipinski definition) is 29. The molecule has 143 heavy (non-hydrogen) atoms. The number of fused-ring (bicyclic) bond motifs is 6. The zero-order chi connectivity index (χ0) is 103. The number of nitrogens with two attached hydrogens (primary N) is 1. The first-order valence-corrected chi connectivity index (χ1v) is 52.8. The number of aliphatic hydroxyl groups is 1. The van der Waals surface area contributed by atoms with E-state index in [4.69, 9.17) is 53.1 Å². The van der Waals surface area contributed by atoms with E-state index in [0.29, 0.717) is 169 Å². The number of rotatable bonds is 64. The Morgan fingerprint density at radius 1 is 0.503 bits per heavy atom. The Bertz CT molecular complexity index is 4530. The number of likely N-dealkylation sites (N-methyl/N-ethyl adjacent to an activating group) is 1. The Hall–Kier alpha value is -8.87. The molecule has 0 aromatic heterocycles. The molecular formula is C105H170N15O23+. The average Bonchev–Trinajstić information content (AvgIpc) is 1.19. The van der Waals surface area contributed by atoms with E-state index >= 15 is 4.79 Å². The number of ketones is 3. The number of hydrogen-bond donors (Lipinski definition) is 14. The molecule has 2 aromatic carbocycles. The molecule has 2 saturated carbocycles. The molecule has 2 heterocycles. The lowest BCUT2D eigenvalue weighted by atomic mass is 9.49. The minimum Gasteiger partial charge on any atom is -0.508 e. The maximum absolute atomic E-state index is 15.1. The van der Waals surface area contributed by atoms with Crippen molar-refractivity contribution in [2.75, 3.05) is 186 Å². The second-order valence-electron chi connectivity index (χ2n) is 42.2. The summed E-state index contributed by atoms with van der Waals surface area (Å²) < 4.78 is 58.8. The number of hydrazine groups is 4. The highest BCUT2D eigenvalue weighted by Gasteiger charge is 2.59. The minimum absolute atomic E-state index is 0.0169. The van der Waals surface area contributed by atoms with Crippen LogP contribution in [0.4, 0.5) is 4.79 Å². The standard InChI is InChI=1S/C105H169N15O23/c1-72(2)94(86(125)67-76(23-19-45-109-101(106)133)97(129)111-82(69-121)85(124)66-73-30-31-74-33-36-89-102(3,79(74)65-73)40-21-42-104(89,5)99(131)113-100(132)105(6)43-22-41-103(4)80-68-77(122)35-32-75(80)34-37-90(103)105)112-98(130)81(110-92(127)39-51-136-55-59-140-62-61-138-57-53-134-49-20-24-78(123)70-142-87-28-15-11-13-26-83-95(87)114-116-118(83)7)25-17-18-44-107-93(128)71-143-88-29-16-12-14-27-84-96(88)115-117-119(84)47-52-137-56-60-141-64-63-139-58-54-135-50-38-91(126)108-46-48-120(8,9)10/h30-32,35,65,68,72,76,81-82,87-90,94,114-117,121H,11-29,33-34,36-64,66-67,69-71H2,1-10H3,(H9-,106,107,108,109,110,111,112,113,122,126,127,128,129,130,131,132,133)/p+1/t76-,81-,82+,87?,88?,89-,90-,94+,102-,103-,104+,105+/m1/s1. The summed E-state index contributed by atoms with van der Waals surface area (Å²) in [4.78, 5) is 153. The summed E-state index contributed by atoms with van der Waals surface area (Å²) in [7, 11) is 8.20. The van der Waals surface area contributed by atoms with Crippen LogP contribution < -0.4 is 64.9 Å². The first-order valence-electron chi connectivity index (χ1n) is 52.8. The lowest BCUT2D eigenvalue weighted by Gasteiger charge is -2.56. The minimum atomic E-state index is -1.41. The summed E-state index contributed by atoms with van der Waals surface area (Å²) in [6.07, 6.45) is 17.7. The number of carbonyl (C=O) groups is 11. The van der Waals surface area contributed by atoms with Gasteiger partial charge in [-0.1, -0.05) is 104 Å². The Balaban J connectivity index is 0.688. The molecule has 12 atom stereocenters. The summed E-state index contributed by atoms with van der Waals surface area (Å²) in [6.45, 7) is 18.3. The number of carbonyl (C=O) groups excluding carboxylic acids is 11. The molecule has 38 nitrogen and oxygen atoms in total. The number of phenolic OH excluding ortho intramolecular Hbond substituents is 1. The number of Topliss-reactive ketones (excluding diaryl/α,β-unsaturated/α-hetero) is 3. The zero-order valence-corrected chi connectivity index (χ0v) is 86.9. The van der Waals surface area contributed by atoms with Crippen molar-refractivity contribution in [1.29, 1.82) is 0 Å². The highest BCUT2D eigenvalue weighted by Crippen LogP contribution is 2.60. The normalized spacial score (nSPS) is 22.9. The molecular weight excluding hydrogens is 1840 g/mol. The first kappa shape index (κ1) is 116. The summed E-state index contributed by atoms with van der Waals surface area (Å²) in [5.41, 5.74) is 24.8. The van der Waals surface area contributed by atoms with E-state index in [9.17, 15) is 58.2 Å². The van der Waals surface area contributed by atoms with Crippen LogP contribution in [0.15, 0.2) is 59.2 Å². The summed E-state index contributed by atoms with van der Waals surface area (Å²) >= 11 is 0. The molecule has 38 heteroatoms. The Labute approximate surface area is 845 Å². The molecule has 0 bridgehead atoms. The van der Waals surface area contributed by atoms with Crippen LogP contribution in [0, 0.1) is 34.5 Å². The van der Waals surface area contributed by atoms with Crippen LogP contribution >= 0.6 is 0 Å². The number of amides is 9. The van der Waals surface area contributed by atoms with E-state index in [-0.39, 0.29) is 143 Å². The predicted molar refractivity (Wildman–Crippen MR) is 536 cm³/mol. The van der Waals surface area contributed by atoms with Crippen molar-refractivity contribution >= 4 is 64.7 Å². The maximum Gasteiger partial charge on any atom is 0.312 e. The second kappa shape index (κ2) is 58.6. The molecule has 6 aliphatic carbocycles. The van der Waals surface area contributed by atoms with Crippen LogP contribution in [-0.2, 0) is 125 Å². The number of aromatic hydroxyl groups is 1. The van der Waals surface area contributed by atoms with Crippen molar-refractivity contribution in [3.63, 3.8) is 0 Å². The van der Waals surface area contributed by atoms with Gasteiger partial charge < -0.3 is 111 Å². The van der Waals surface area contributed by atoms with Gasteiger partial charge in [-0.3, -0.25) is 63.3 Å². The van der Waals surface area contributed by atoms with Crippen LogP contribution in [0.3, 0.4) is 0 Å². The van der Waals surface area contributed by atoms with Gasteiger partial charge in [0.05, 0.1) is 186 Å². The number of primary amides is 1. The smallest absolute Gasteiger partial charge is 0.312 e. The summed E-state index contributed by atoms with van der Waals surface area (Å²) in [5.74, 6) is -5.50. The molecule has 15 N–H and O–H groups in total. The molecule has 0 radical (unpaired) electrons. The molecule has 10 rings (SSSR count). The number of aliphatic hydroxyl groups excluding tert-OH is 1. The fourth-order valence-corrected chi connectivity index (χ4v) is 22.1. The van der Waals surface area contributed by atoms with Gasteiger partial charge in [-0.2, -0.15) is 0 Å². The van der Waals surface area contributed by atoms with Gasteiger partial charge in [-0.15, -0.1) is 11.1 Å². The number of urea groups is 1. The number of quaternary nitrogens is 1. The molecule has 2 aliphatic heterocycles. The third kappa shape index (κ3) is 35.4. The fourth-order valence-electron chi connectivity index (χ4n) is 22.1. The number of nitrogens with zero attached hydrogens (tertiary/aromatic N) is 3. The van der Waals surface area contributed by atoms with Crippen molar-refractivity contribution < 1.29 is 115 Å². The van der Waals surface area contributed by atoms with Crippen molar-refractivity contribution in [3.8, 4) is 5.75 Å². The van der Waals surface area contributed by atoms with Gasteiger partial charge in [0.2, 0.25) is 41.4 Å². The highest BCUT2D eigenvalue weighted by molar-refractivity contribution is 6.01. The quantitative estimate of drug-likeness (QED) is 0.0185. The third-order valence-electron chi connectivity index (χ3n) is 30.1. The topological polar surface area (TPSA) is 485 Å². The van der Waals surface area contributed by atoms with Crippen LogP contribution in [0.2, 0.25) is 0 Å². The van der Waals surface area contributed by atoms with Crippen LogP contribution in [0.5, 0.6) is 5.75 Å². The third-order valence-corrected chi connectivity index (χ3v) is 30.1. The molecule has 2 unspecified atom stereocenters.